The maximum atomic E-state index is 8.57. The number of nitrogens with zero attached hydrogens (tertiary/aromatic N) is 2. The molecule has 1 heterocycles. The van der Waals surface area contributed by atoms with Gasteiger partial charge in [-0.25, -0.2) is 0 Å². The van der Waals surface area contributed by atoms with Crippen molar-refractivity contribution in [3.63, 3.8) is 0 Å². The molecular formula is C7H12N2O. The van der Waals surface area contributed by atoms with Gasteiger partial charge in [0, 0.05) is 13.2 Å². The van der Waals surface area contributed by atoms with Crippen molar-refractivity contribution in [2.24, 2.45) is 0 Å². The molecule has 0 aromatic carbocycles. The fourth-order valence-corrected chi connectivity index (χ4v) is 1.29. The van der Waals surface area contributed by atoms with Crippen molar-refractivity contribution in [2.45, 2.75) is 25.5 Å². The Kier molecular flexibility index (Phi) is 2.13. The lowest BCUT2D eigenvalue weighted by Gasteiger charge is -2.10. The number of hydrogen-bond donors (Lipinski definition) is 0. The molecule has 2 atom stereocenters. The smallest absolute Gasteiger partial charge is 0.179 e. The highest BCUT2D eigenvalue weighted by atomic mass is 16.5. The largest absolute Gasteiger partial charge is 0.380 e. The Balaban J connectivity index is 2.46. The minimum Gasteiger partial charge on any atom is -0.380 e. The number of methoxy groups -OCH3 is 1. The third-order valence-corrected chi connectivity index (χ3v) is 2.00. The average molecular weight is 140 g/mol. The highest BCUT2D eigenvalue weighted by Crippen LogP contribution is 2.17. The van der Waals surface area contributed by atoms with Gasteiger partial charge in [-0.05, 0) is 13.3 Å². The lowest BCUT2D eigenvalue weighted by molar-refractivity contribution is 0.113. The molecule has 1 aliphatic heterocycles. The monoisotopic (exact) mass is 140 g/mol. The molecule has 1 fully saturated rings. The van der Waals surface area contributed by atoms with Crippen molar-refractivity contribution in [2.75, 3.05) is 13.7 Å². The van der Waals surface area contributed by atoms with Crippen LogP contribution in [0.15, 0.2) is 0 Å². The first-order valence-corrected chi connectivity index (χ1v) is 3.47. The van der Waals surface area contributed by atoms with Crippen LogP contribution in [-0.2, 0) is 4.74 Å². The fraction of sp³-hybridized carbons (Fsp3) is 0.857. The quantitative estimate of drug-likeness (QED) is 0.500. The number of likely N-dealkylation sites (tertiary alicyclic amines) is 1. The molecule has 0 N–H and O–H groups in total. The summed E-state index contributed by atoms with van der Waals surface area (Å²) in [5.41, 5.74) is 0. The van der Waals surface area contributed by atoms with Gasteiger partial charge in [-0.1, -0.05) is 0 Å². The summed E-state index contributed by atoms with van der Waals surface area (Å²) in [4.78, 5) is 1.76. The van der Waals surface area contributed by atoms with E-state index in [1.165, 1.54) is 0 Å². The van der Waals surface area contributed by atoms with Crippen LogP contribution in [0.3, 0.4) is 0 Å². The summed E-state index contributed by atoms with van der Waals surface area (Å²) in [5, 5.41) is 8.57. The van der Waals surface area contributed by atoms with Gasteiger partial charge < -0.3 is 9.64 Å². The lowest BCUT2D eigenvalue weighted by Crippen LogP contribution is -2.21. The van der Waals surface area contributed by atoms with Crippen molar-refractivity contribution < 1.29 is 4.74 Å². The fourth-order valence-electron chi connectivity index (χ4n) is 1.29. The average Bonchev–Trinajstić information content (AvgIpc) is 2.30. The summed E-state index contributed by atoms with van der Waals surface area (Å²) in [7, 11) is 1.69. The molecule has 0 amide bonds. The highest BCUT2D eigenvalue weighted by Gasteiger charge is 2.27. The van der Waals surface area contributed by atoms with Crippen LogP contribution >= 0.6 is 0 Å². The second-order valence-corrected chi connectivity index (χ2v) is 2.69. The topological polar surface area (TPSA) is 36.3 Å². The maximum absolute atomic E-state index is 8.57. The van der Waals surface area contributed by atoms with Crippen LogP contribution in [0.2, 0.25) is 0 Å². The third-order valence-electron chi connectivity index (χ3n) is 2.00. The first-order valence-electron chi connectivity index (χ1n) is 3.47. The van der Waals surface area contributed by atoms with E-state index >= 15 is 0 Å². The number of rotatable bonds is 1. The highest BCUT2D eigenvalue weighted by molar-refractivity contribution is 4.90. The summed E-state index contributed by atoms with van der Waals surface area (Å²) in [6.45, 7) is 2.80. The Morgan fingerprint density at radius 1 is 1.70 bits per heavy atom. The Morgan fingerprint density at radius 3 is 2.70 bits per heavy atom. The molecule has 0 bridgehead atoms. The van der Waals surface area contributed by atoms with E-state index in [-0.39, 0.29) is 6.10 Å². The van der Waals surface area contributed by atoms with Crippen molar-refractivity contribution in [1.82, 2.24) is 4.90 Å². The van der Waals surface area contributed by atoms with Gasteiger partial charge in [0.1, 0.15) is 0 Å². The van der Waals surface area contributed by atoms with Crippen molar-refractivity contribution in [3.05, 3.63) is 0 Å². The zero-order valence-electron chi connectivity index (χ0n) is 6.37. The molecule has 1 aliphatic rings. The summed E-state index contributed by atoms with van der Waals surface area (Å²) in [6.07, 6.45) is 3.37. The lowest BCUT2D eigenvalue weighted by atomic mass is 10.2. The van der Waals surface area contributed by atoms with E-state index in [4.69, 9.17) is 10.00 Å². The van der Waals surface area contributed by atoms with E-state index in [0.29, 0.717) is 6.04 Å². The minimum atomic E-state index is 0.259. The second kappa shape index (κ2) is 2.89. The van der Waals surface area contributed by atoms with Gasteiger partial charge in [-0.2, -0.15) is 5.26 Å². The van der Waals surface area contributed by atoms with Crippen LogP contribution in [0.4, 0.5) is 0 Å². The molecule has 1 saturated heterocycles. The molecule has 0 saturated carbocycles. The molecule has 3 nitrogen and oxygen atoms in total. The predicted octanol–water partition coefficient (Wildman–Crippen LogP) is 0.577. The molecule has 0 aromatic rings. The predicted molar refractivity (Wildman–Crippen MR) is 37.2 cm³/mol. The standard InChI is InChI=1S/C7H12N2O/c1-6-3-7(10-2)4-9(6)5-8/h6-7H,3-4H2,1-2H3/t6?,7-/m0/s1. The molecule has 0 aromatic heterocycles. The van der Waals surface area contributed by atoms with E-state index in [2.05, 4.69) is 6.19 Å². The van der Waals surface area contributed by atoms with E-state index in [1.807, 2.05) is 6.92 Å². The van der Waals surface area contributed by atoms with E-state index in [9.17, 15) is 0 Å². The summed E-state index contributed by atoms with van der Waals surface area (Å²) in [6, 6.07) is 0.356. The second-order valence-electron chi connectivity index (χ2n) is 2.69. The van der Waals surface area contributed by atoms with Crippen LogP contribution in [-0.4, -0.2) is 30.7 Å². The molecular weight excluding hydrogens is 128 g/mol. The summed E-state index contributed by atoms with van der Waals surface area (Å²) >= 11 is 0. The van der Waals surface area contributed by atoms with Crippen LogP contribution in [0, 0.1) is 11.5 Å². The summed E-state index contributed by atoms with van der Waals surface area (Å²) < 4.78 is 5.12. The minimum absolute atomic E-state index is 0.259. The zero-order chi connectivity index (χ0) is 7.56. The van der Waals surface area contributed by atoms with Gasteiger partial charge in [-0.3, -0.25) is 0 Å². The Bertz CT molecular complexity index is 152. The molecule has 56 valence electrons. The Hall–Kier alpha value is -0.750. The summed E-state index contributed by atoms with van der Waals surface area (Å²) in [5.74, 6) is 0. The molecule has 1 unspecified atom stereocenters. The Morgan fingerprint density at radius 2 is 2.40 bits per heavy atom. The number of ether oxygens (including phenoxy) is 1. The number of nitriles is 1. The first kappa shape index (κ1) is 7.36. The molecule has 0 aliphatic carbocycles. The van der Waals surface area contributed by atoms with Crippen molar-refractivity contribution >= 4 is 0 Å². The van der Waals surface area contributed by atoms with E-state index in [1.54, 1.807) is 12.0 Å². The normalized spacial score (nSPS) is 32.3. The number of hydrogen-bond acceptors (Lipinski definition) is 3. The van der Waals surface area contributed by atoms with E-state index in [0.717, 1.165) is 13.0 Å². The van der Waals surface area contributed by atoms with Crippen LogP contribution in [0.5, 0.6) is 0 Å². The van der Waals surface area contributed by atoms with Gasteiger partial charge >= 0.3 is 0 Å². The van der Waals surface area contributed by atoms with Crippen LogP contribution in [0.1, 0.15) is 13.3 Å². The molecule has 10 heavy (non-hydrogen) atoms. The van der Waals surface area contributed by atoms with E-state index < -0.39 is 0 Å². The van der Waals surface area contributed by atoms with Gasteiger partial charge in [-0.15, -0.1) is 0 Å². The van der Waals surface area contributed by atoms with Crippen LogP contribution < -0.4 is 0 Å². The molecule has 0 spiro atoms. The van der Waals surface area contributed by atoms with Gasteiger partial charge in [0.15, 0.2) is 6.19 Å². The third kappa shape index (κ3) is 1.22. The first-order chi connectivity index (χ1) is 4.77. The van der Waals surface area contributed by atoms with Gasteiger partial charge in [0.05, 0.1) is 12.6 Å². The zero-order valence-corrected chi connectivity index (χ0v) is 6.37. The SMILES string of the molecule is CO[C@H]1CC(C)N(C#N)C1. The molecule has 3 heteroatoms. The Labute approximate surface area is 61.2 Å². The maximum Gasteiger partial charge on any atom is 0.179 e. The van der Waals surface area contributed by atoms with Crippen molar-refractivity contribution in [3.8, 4) is 6.19 Å². The van der Waals surface area contributed by atoms with Gasteiger partial charge in [0.2, 0.25) is 0 Å². The van der Waals surface area contributed by atoms with Gasteiger partial charge in [0.25, 0.3) is 0 Å². The molecule has 0 radical (unpaired) electrons. The van der Waals surface area contributed by atoms with Crippen LogP contribution in [0.25, 0.3) is 0 Å². The van der Waals surface area contributed by atoms with Crippen molar-refractivity contribution in [1.29, 1.82) is 5.26 Å². The molecule has 1 rings (SSSR count).